The molecule has 1 aliphatic carbocycles. The summed E-state index contributed by atoms with van der Waals surface area (Å²) in [7, 11) is 0. The van der Waals surface area contributed by atoms with Crippen molar-refractivity contribution in [3.8, 4) is 11.8 Å². The Morgan fingerprint density at radius 2 is 1.87 bits per heavy atom. The maximum Gasteiger partial charge on any atom is 0.220 e. The van der Waals surface area contributed by atoms with Crippen molar-refractivity contribution in [1.82, 2.24) is 5.32 Å². The SMILES string of the molecule is CCC[C@H](C)CCCC(=O)NC1C(C)(C)C(Oc2ccc(C#N)c(CC)c2)C1(C)C. The number of benzene rings is 1. The first-order valence-electron chi connectivity index (χ1n) is 11.6. The number of aryl methyl sites for hydroxylation is 1. The third-order valence-corrected chi connectivity index (χ3v) is 6.86. The van der Waals surface area contributed by atoms with Crippen LogP contribution in [0.1, 0.15) is 91.7 Å². The number of amides is 1. The molecule has 1 fully saturated rings. The maximum atomic E-state index is 12.6. The normalized spacial score (nSPS) is 22.5. The van der Waals surface area contributed by atoms with E-state index in [1.165, 1.54) is 12.8 Å². The molecule has 1 atom stereocenters. The van der Waals surface area contributed by atoms with Crippen molar-refractivity contribution in [3.05, 3.63) is 29.3 Å². The first kappa shape index (κ1) is 24.3. The van der Waals surface area contributed by atoms with Gasteiger partial charge in [0.1, 0.15) is 11.9 Å². The van der Waals surface area contributed by atoms with E-state index >= 15 is 0 Å². The number of ether oxygens (including phenoxy) is 1. The van der Waals surface area contributed by atoms with E-state index < -0.39 is 0 Å². The molecule has 0 aromatic heterocycles. The van der Waals surface area contributed by atoms with Crippen LogP contribution in [-0.4, -0.2) is 18.1 Å². The summed E-state index contributed by atoms with van der Waals surface area (Å²) in [6.45, 7) is 15.2. The van der Waals surface area contributed by atoms with Crippen LogP contribution in [0.25, 0.3) is 0 Å². The third-order valence-electron chi connectivity index (χ3n) is 6.86. The summed E-state index contributed by atoms with van der Waals surface area (Å²) in [6.07, 6.45) is 5.88. The Bertz CT molecular complexity index is 760. The topological polar surface area (TPSA) is 62.1 Å². The highest BCUT2D eigenvalue weighted by atomic mass is 16.5. The van der Waals surface area contributed by atoms with Crippen LogP contribution in [0.2, 0.25) is 0 Å². The third kappa shape index (κ3) is 5.17. The average Bonchev–Trinajstić information content (AvgIpc) is 2.69. The minimum atomic E-state index is -0.172. The van der Waals surface area contributed by atoms with E-state index in [1.807, 2.05) is 25.1 Å². The van der Waals surface area contributed by atoms with Gasteiger partial charge in [0.05, 0.1) is 11.6 Å². The molecule has 0 heterocycles. The summed E-state index contributed by atoms with van der Waals surface area (Å²) in [5.41, 5.74) is 1.37. The highest BCUT2D eigenvalue weighted by Crippen LogP contribution is 2.55. The van der Waals surface area contributed by atoms with Gasteiger partial charge in [-0.2, -0.15) is 5.26 Å². The molecule has 1 amide bonds. The van der Waals surface area contributed by atoms with Crippen molar-refractivity contribution in [2.24, 2.45) is 16.7 Å². The Labute approximate surface area is 183 Å². The molecule has 0 radical (unpaired) electrons. The van der Waals surface area contributed by atoms with Crippen molar-refractivity contribution in [3.63, 3.8) is 0 Å². The highest BCUT2D eigenvalue weighted by Gasteiger charge is 2.64. The van der Waals surface area contributed by atoms with Crippen LogP contribution in [0, 0.1) is 28.1 Å². The predicted octanol–water partition coefficient (Wildman–Crippen LogP) is 6.03. The van der Waals surface area contributed by atoms with Gasteiger partial charge >= 0.3 is 0 Å². The van der Waals surface area contributed by atoms with Gasteiger partial charge in [-0.15, -0.1) is 0 Å². The van der Waals surface area contributed by atoms with E-state index in [0.717, 1.165) is 30.6 Å². The molecule has 2 rings (SSSR count). The lowest BCUT2D eigenvalue weighted by atomic mass is 9.49. The lowest BCUT2D eigenvalue weighted by Crippen LogP contribution is -2.74. The Balaban J connectivity index is 1.99. The maximum absolute atomic E-state index is 12.6. The molecular weight excluding hydrogens is 372 g/mol. The van der Waals surface area contributed by atoms with Gasteiger partial charge in [0.15, 0.2) is 0 Å². The number of hydrogen-bond donors (Lipinski definition) is 1. The van der Waals surface area contributed by atoms with Crippen molar-refractivity contribution >= 4 is 5.91 Å². The molecule has 0 aliphatic heterocycles. The number of carbonyl (C=O) groups is 1. The first-order valence-corrected chi connectivity index (χ1v) is 11.6. The molecule has 1 N–H and O–H groups in total. The molecule has 30 heavy (non-hydrogen) atoms. The zero-order valence-electron chi connectivity index (χ0n) is 20.0. The molecule has 1 saturated carbocycles. The molecule has 4 heteroatoms. The van der Waals surface area contributed by atoms with Gasteiger partial charge in [0.25, 0.3) is 0 Å². The van der Waals surface area contributed by atoms with E-state index in [-0.39, 0.29) is 28.9 Å². The monoisotopic (exact) mass is 412 g/mol. The minimum absolute atomic E-state index is 0.0162. The van der Waals surface area contributed by atoms with Crippen LogP contribution < -0.4 is 10.1 Å². The van der Waals surface area contributed by atoms with Crippen molar-refractivity contribution in [1.29, 1.82) is 5.26 Å². The van der Waals surface area contributed by atoms with Crippen LogP contribution in [0.15, 0.2) is 18.2 Å². The Kier molecular flexibility index (Phi) is 7.97. The molecule has 0 unspecified atom stereocenters. The number of nitrogens with zero attached hydrogens (tertiary/aromatic N) is 1. The van der Waals surface area contributed by atoms with E-state index in [4.69, 9.17) is 4.74 Å². The van der Waals surface area contributed by atoms with E-state index in [0.29, 0.717) is 17.9 Å². The van der Waals surface area contributed by atoms with Crippen LogP contribution in [-0.2, 0) is 11.2 Å². The van der Waals surface area contributed by atoms with Crippen LogP contribution in [0.4, 0.5) is 0 Å². The fourth-order valence-corrected chi connectivity index (χ4v) is 5.46. The van der Waals surface area contributed by atoms with Gasteiger partial charge in [-0.1, -0.05) is 67.7 Å². The van der Waals surface area contributed by atoms with Gasteiger partial charge in [-0.25, -0.2) is 0 Å². The van der Waals surface area contributed by atoms with Crippen molar-refractivity contribution in [2.45, 2.75) is 99.1 Å². The summed E-state index contributed by atoms with van der Waals surface area (Å²) in [4.78, 5) is 12.6. The molecule has 1 aromatic carbocycles. The van der Waals surface area contributed by atoms with Gasteiger partial charge in [0.2, 0.25) is 5.91 Å². The lowest BCUT2D eigenvalue weighted by Gasteiger charge is -2.63. The zero-order valence-corrected chi connectivity index (χ0v) is 20.0. The lowest BCUT2D eigenvalue weighted by molar-refractivity contribution is -0.173. The van der Waals surface area contributed by atoms with Crippen LogP contribution >= 0.6 is 0 Å². The summed E-state index contributed by atoms with van der Waals surface area (Å²) in [5, 5.41) is 12.5. The minimum Gasteiger partial charge on any atom is -0.489 e. The second kappa shape index (κ2) is 9.86. The van der Waals surface area contributed by atoms with Crippen molar-refractivity contribution < 1.29 is 9.53 Å². The van der Waals surface area contributed by atoms with Gasteiger partial charge in [0, 0.05) is 23.3 Å². The van der Waals surface area contributed by atoms with E-state index in [9.17, 15) is 10.1 Å². The summed E-state index contributed by atoms with van der Waals surface area (Å²) < 4.78 is 6.41. The fraction of sp³-hybridized carbons (Fsp3) is 0.692. The molecular formula is C26H40N2O2. The standard InChI is InChI=1S/C26H40N2O2/c1-8-11-18(3)12-10-13-22(29)28-23-25(4,5)24(26(23,6)7)30-21-15-14-20(17-27)19(9-2)16-21/h14-16,18,23-24H,8-13H2,1-7H3,(H,28,29)/t18-,23?,24?/m0/s1. The second-order valence-corrected chi connectivity index (χ2v) is 10.2. The average molecular weight is 413 g/mol. The Morgan fingerprint density at radius 3 is 2.43 bits per heavy atom. The van der Waals surface area contributed by atoms with Crippen LogP contribution in [0.3, 0.4) is 0 Å². The number of nitriles is 1. The molecule has 0 bridgehead atoms. The van der Waals surface area contributed by atoms with Crippen LogP contribution in [0.5, 0.6) is 5.75 Å². The smallest absolute Gasteiger partial charge is 0.220 e. The van der Waals surface area contributed by atoms with E-state index in [2.05, 4.69) is 52.9 Å². The zero-order chi connectivity index (χ0) is 22.5. The summed E-state index contributed by atoms with van der Waals surface area (Å²) >= 11 is 0. The molecule has 1 aliphatic rings. The molecule has 4 nitrogen and oxygen atoms in total. The second-order valence-electron chi connectivity index (χ2n) is 10.2. The summed E-state index contributed by atoms with van der Waals surface area (Å²) in [5.74, 6) is 1.64. The summed E-state index contributed by atoms with van der Waals surface area (Å²) in [6, 6.07) is 8.01. The Hall–Kier alpha value is -2.02. The molecule has 0 saturated heterocycles. The first-order chi connectivity index (χ1) is 14.1. The largest absolute Gasteiger partial charge is 0.489 e. The number of nitrogens with one attached hydrogen (secondary N) is 1. The molecule has 1 aromatic rings. The number of hydrogen-bond acceptors (Lipinski definition) is 3. The fourth-order valence-electron chi connectivity index (χ4n) is 5.46. The molecule has 166 valence electrons. The van der Waals surface area contributed by atoms with Gasteiger partial charge in [-0.05, 0) is 42.5 Å². The van der Waals surface area contributed by atoms with E-state index in [1.54, 1.807) is 0 Å². The molecule has 0 spiro atoms. The highest BCUT2D eigenvalue weighted by molar-refractivity contribution is 5.76. The quantitative estimate of drug-likeness (QED) is 0.511. The van der Waals surface area contributed by atoms with Crippen molar-refractivity contribution in [2.75, 3.05) is 0 Å². The predicted molar refractivity (Wildman–Crippen MR) is 122 cm³/mol. The van der Waals surface area contributed by atoms with Gasteiger partial charge < -0.3 is 10.1 Å². The Morgan fingerprint density at radius 1 is 1.20 bits per heavy atom. The number of rotatable bonds is 10. The van der Waals surface area contributed by atoms with Gasteiger partial charge in [-0.3, -0.25) is 4.79 Å². The number of carbonyl (C=O) groups excluding carboxylic acids is 1.